The molecule has 0 aliphatic heterocycles. The molecule has 0 bridgehead atoms. The molecule has 0 heterocycles. The van der Waals surface area contributed by atoms with Crippen molar-refractivity contribution in [2.45, 2.75) is 52.4 Å². The second-order valence-electron chi connectivity index (χ2n) is 6.42. The van der Waals surface area contributed by atoms with E-state index in [0.29, 0.717) is 5.75 Å². The lowest BCUT2D eigenvalue weighted by Crippen LogP contribution is -2.23. The Morgan fingerprint density at radius 1 is 1.12 bits per heavy atom. The number of hydrogen-bond acceptors (Lipinski definition) is 2. The molecule has 17 heavy (non-hydrogen) atoms. The predicted molar refractivity (Wildman–Crippen MR) is 78.4 cm³/mol. The Bertz CT molecular complexity index is 414. The molecule has 2 heteroatoms. The molecule has 0 amide bonds. The van der Waals surface area contributed by atoms with E-state index in [0.717, 1.165) is 11.3 Å². The molecular weight excluding hydrogens is 228 g/mol. The predicted octanol–water partition coefficient (Wildman–Crippen LogP) is 4.21. The van der Waals surface area contributed by atoms with Crippen molar-refractivity contribution in [2.24, 2.45) is 0 Å². The van der Waals surface area contributed by atoms with Crippen LogP contribution >= 0.6 is 12.6 Å². The molecule has 0 radical (unpaired) electrons. The van der Waals surface area contributed by atoms with Gasteiger partial charge in [-0.3, -0.25) is 0 Å². The minimum absolute atomic E-state index is 0.0964. The first-order valence-electron chi connectivity index (χ1n) is 6.05. The summed E-state index contributed by atoms with van der Waals surface area (Å²) < 4.78 is 0. The van der Waals surface area contributed by atoms with Crippen LogP contribution in [0.1, 0.15) is 51.3 Å². The van der Waals surface area contributed by atoms with Crippen LogP contribution in [0, 0.1) is 6.92 Å². The fraction of sp³-hybridized carbons (Fsp3) is 0.600. The van der Waals surface area contributed by atoms with Gasteiger partial charge in [-0.05, 0) is 35.3 Å². The highest BCUT2D eigenvalue weighted by Gasteiger charge is 2.28. The summed E-state index contributed by atoms with van der Waals surface area (Å²) >= 11 is 4.40. The zero-order chi connectivity index (χ0) is 13.4. The van der Waals surface area contributed by atoms with Gasteiger partial charge < -0.3 is 5.11 Å². The van der Waals surface area contributed by atoms with Crippen molar-refractivity contribution in [1.29, 1.82) is 0 Å². The third-order valence-electron chi connectivity index (χ3n) is 3.32. The van der Waals surface area contributed by atoms with Gasteiger partial charge in [0.25, 0.3) is 0 Å². The van der Waals surface area contributed by atoms with Gasteiger partial charge in [0.1, 0.15) is 5.75 Å². The van der Waals surface area contributed by atoms with E-state index < -0.39 is 0 Å². The minimum atomic E-state index is -0.113. The third kappa shape index (κ3) is 2.79. The second-order valence-corrected chi connectivity index (χ2v) is 6.74. The fourth-order valence-corrected chi connectivity index (χ4v) is 2.60. The molecule has 0 aliphatic carbocycles. The van der Waals surface area contributed by atoms with Crippen LogP contribution in [0.4, 0.5) is 0 Å². The first-order valence-corrected chi connectivity index (χ1v) is 6.69. The lowest BCUT2D eigenvalue weighted by molar-refractivity contribution is 0.444. The average molecular weight is 252 g/mol. The van der Waals surface area contributed by atoms with Crippen LogP contribution in [0.2, 0.25) is 0 Å². The van der Waals surface area contributed by atoms with Gasteiger partial charge in [-0.2, -0.15) is 12.6 Å². The molecule has 96 valence electrons. The van der Waals surface area contributed by atoms with Gasteiger partial charge in [0.2, 0.25) is 0 Å². The molecule has 0 unspecified atom stereocenters. The van der Waals surface area contributed by atoms with Gasteiger partial charge in [0.05, 0.1) is 0 Å². The number of thiol groups is 1. The van der Waals surface area contributed by atoms with E-state index in [2.05, 4.69) is 54.2 Å². The largest absolute Gasteiger partial charge is 0.508 e. The summed E-state index contributed by atoms with van der Waals surface area (Å²) in [6.07, 6.45) is 0. The van der Waals surface area contributed by atoms with Gasteiger partial charge >= 0.3 is 0 Å². The van der Waals surface area contributed by atoms with E-state index in [1.54, 1.807) is 0 Å². The van der Waals surface area contributed by atoms with Gasteiger partial charge in [-0.25, -0.2) is 0 Å². The zero-order valence-electron chi connectivity index (χ0n) is 11.8. The van der Waals surface area contributed by atoms with Crippen LogP contribution in [0.5, 0.6) is 5.75 Å². The smallest absolute Gasteiger partial charge is 0.119 e. The second kappa shape index (κ2) is 4.56. The summed E-state index contributed by atoms with van der Waals surface area (Å²) in [5.41, 5.74) is 3.49. The van der Waals surface area contributed by atoms with Crippen LogP contribution in [0.25, 0.3) is 0 Å². The first-order chi connectivity index (χ1) is 7.61. The lowest BCUT2D eigenvalue weighted by atomic mass is 9.76. The lowest BCUT2D eigenvalue weighted by Gasteiger charge is -2.30. The normalized spacial score (nSPS) is 12.9. The summed E-state index contributed by atoms with van der Waals surface area (Å²) in [4.78, 5) is 0. The average Bonchev–Trinajstić information content (AvgIpc) is 2.15. The molecule has 0 saturated heterocycles. The highest BCUT2D eigenvalue weighted by molar-refractivity contribution is 7.80. The molecule has 0 fully saturated rings. The zero-order valence-corrected chi connectivity index (χ0v) is 12.7. The summed E-state index contributed by atoms with van der Waals surface area (Å²) in [6.45, 7) is 12.9. The summed E-state index contributed by atoms with van der Waals surface area (Å²) in [5, 5.41) is 10.1. The molecule has 0 spiro atoms. The van der Waals surface area contributed by atoms with E-state index in [4.69, 9.17) is 0 Å². The van der Waals surface area contributed by atoms with E-state index in [-0.39, 0.29) is 10.8 Å². The van der Waals surface area contributed by atoms with Gasteiger partial charge in [0.15, 0.2) is 0 Å². The number of aromatic hydroxyl groups is 1. The SMILES string of the molecule is Cc1c(C(C)(C)C)ccc(O)c1C(C)(C)CS. The summed E-state index contributed by atoms with van der Waals surface area (Å²) in [6, 6.07) is 3.84. The van der Waals surface area contributed by atoms with Crippen molar-refractivity contribution >= 4 is 12.6 Å². The van der Waals surface area contributed by atoms with Gasteiger partial charge in [0, 0.05) is 11.0 Å². The molecule has 1 aromatic rings. The number of phenols is 1. The quantitative estimate of drug-likeness (QED) is 0.756. The fourth-order valence-electron chi connectivity index (χ4n) is 2.44. The Balaban J connectivity index is 3.51. The Kier molecular flexibility index (Phi) is 3.87. The number of hydrogen-bond donors (Lipinski definition) is 2. The topological polar surface area (TPSA) is 20.2 Å². The third-order valence-corrected chi connectivity index (χ3v) is 4.11. The number of rotatable bonds is 2. The summed E-state index contributed by atoms with van der Waals surface area (Å²) in [5.74, 6) is 1.10. The van der Waals surface area contributed by atoms with Crippen LogP contribution in [-0.4, -0.2) is 10.9 Å². The summed E-state index contributed by atoms with van der Waals surface area (Å²) in [7, 11) is 0. The van der Waals surface area contributed by atoms with Crippen molar-refractivity contribution in [3.8, 4) is 5.75 Å². The van der Waals surface area contributed by atoms with Crippen LogP contribution in [0.15, 0.2) is 12.1 Å². The van der Waals surface area contributed by atoms with E-state index in [9.17, 15) is 5.11 Å². The molecule has 0 atom stereocenters. The monoisotopic (exact) mass is 252 g/mol. The molecule has 1 aromatic carbocycles. The highest BCUT2D eigenvalue weighted by Crippen LogP contribution is 2.39. The van der Waals surface area contributed by atoms with E-state index >= 15 is 0 Å². The number of benzene rings is 1. The maximum Gasteiger partial charge on any atom is 0.119 e. The molecule has 0 saturated carbocycles. The molecule has 0 aliphatic rings. The molecule has 0 aromatic heterocycles. The Hall–Kier alpha value is -0.630. The molecule has 1 nitrogen and oxygen atoms in total. The molecular formula is C15H24OS. The Morgan fingerprint density at radius 2 is 1.65 bits per heavy atom. The van der Waals surface area contributed by atoms with Crippen LogP contribution in [0.3, 0.4) is 0 Å². The Morgan fingerprint density at radius 3 is 2.06 bits per heavy atom. The standard InChI is InChI=1S/C15H24OS/c1-10-11(14(2,3)4)7-8-12(16)13(10)15(5,6)9-17/h7-8,16-17H,9H2,1-6H3. The van der Waals surface area contributed by atoms with Crippen molar-refractivity contribution in [2.75, 3.05) is 5.75 Å². The Labute approximate surface area is 111 Å². The van der Waals surface area contributed by atoms with E-state index in [1.165, 1.54) is 11.1 Å². The van der Waals surface area contributed by atoms with Crippen LogP contribution < -0.4 is 0 Å². The first kappa shape index (κ1) is 14.4. The van der Waals surface area contributed by atoms with Crippen LogP contribution in [-0.2, 0) is 10.8 Å². The van der Waals surface area contributed by atoms with Crippen molar-refractivity contribution in [3.63, 3.8) is 0 Å². The maximum absolute atomic E-state index is 10.1. The van der Waals surface area contributed by atoms with E-state index in [1.807, 2.05) is 12.1 Å². The molecule has 1 rings (SSSR count). The maximum atomic E-state index is 10.1. The molecule has 1 N–H and O–H groups in total. The van der Waals surface area contributed by atoms with Crippen molar-refractivity contribution in [1.82, 2.24) is 0 Å². The van der Waals surface area contributed by atoms with Gasteiger partial charge in [-0.1, -0.05) is 40.7 Å². The van der Waals surface area contributed by atoms with Gasteiger partial charge in [-0.15, -0.1) is 0 Å². The highest BCUT2D eigenvalue weighted by atomic mass is 32.1. The number of phenolic OH excluding ortho intramolecular Hbond substituents is 1. The van der Waals surface area contributed by atoms with Crippen molar-refractivity contribution in [3.05, 3.63) is 28.8 Å². The van der Waals surface area contributed by atoms with Crippen molar-refractivity contribution < 1.29 is 5.11 Å². The minimum Gasteiger partial charge on any atom is -0.508 e.